The Kier molecular flexibility index (Phi) is 8.33. The van der Waals surface area contributed by atoms with Gasteiger partial charge in [0.25, 0.3) is 0 Å². The molecule has 6 nitrogen and oxygen atoms in total. The van der Waals surface area contributed by atoms with Crippen LogP contribution in [-0.4, -0.2) is 38.8 Å². The average molecular weight is 549 g/mol. The first kappa shape index (κ1) is 28.7. The number of aryl methyl sites for hydroxylation is 2. The highest BCUT2D eigenvalue weighted by atomic mass is 31.2. The van der Waals surface area contributed by atoms with Crippen LogP contribution >= 0.6 is 15.2 Å². The zero-order chi connectivity index (χ0) is 27.0. The van der Waals surface area contributed by atoms with E-state index < -0.39 is 20.6 Å². The molecule has 0 aromatic heterocycles. The van der Waals surface area contributed by atoms with E-state index in [2.05, 4.69) is 90.1 Å². The van der Waals surface area contributed by atoms with Crippen molar-refractivity contribution in [3.63, 3.8) is 0 Å². The Hall–Kier alpha value is -1.26. The zero-order valence-electron chi connectivity index (χ0n) is 23.1. The second kappa shape index (κ2) is 10.7. The number of hydrogen-bond donors (Lipinski definition) is 0. The van der Waals surface area contributed by atoms with Gasteiger partial charge in [-0.05, 0) is 45.9 Å². The van der Waals surface area contributed by atoms with Crippen LogP contribution in [0.25, 0.3) is 0 Å². The molecule has 2 aromatic carbocycles. The van der Waals surface area contributed by atoms with Gasteiger partial charge in [0.15, 0.2) is 0 Å². The van der Waals surface area contributed by atoms with Crippen LogP contribution in [0.2, 0.25) is 0 Å². The second-order valence-corrected chi connectivity index (χ2v) is 17.0. The van der Waals surface area contributed by atoms with E-state index in [0.717, 1.165) is 11.1 Å². The van der Waals surface area contributed by atoms with Crippen molar-refractivity contribution in [1.29, 1.82) is 0 Å². The Morgan fingerprint density at radius 1 is 0.595 bits per heavy atom. The normalized spacial score (nSPS) is 28.9. The maximum absolute atomic E-state index is 13.2. The van der Waals surface area contributed by atoms with Crippen molar-refractivity contribution < 1.29 is 27.2 Å². The van der Waals surface area contributed by atoms with E-state index in [-0.39, 0.29) is 37.3 Å². The van der Waals surface area contributed by atoms with E-state index in [1.165, 1.54) is 11.1 Å². The molecule has 2 fully saturated rings. The SMILES string of the molecule is CC(C)(C)c1ccc(CCP2(=O)OCC3(CO2)COP(=O)(CCc2ccc(C(C)(C)C)cc2)OC3)cc1. The Morgan fingerprint density at radius 2 is 0.892 bits per heavy atom. The van der Waals surface area contributed by atoms with Crippen molar-refractivity contribution in [1.82, 2.24) is 0 Å². The summed E-state index contributed by atoms with van der Waals surface area (Å²) in [6.07, 6.45) is 1.89. The highest BCUT2D eigenvalue weighted by Crippen LogP contribution is 2.59. The van der Waals surface area contributed by atoms with Gasteiger partial charge in [0.2, 0.25) is 0 Å². The minimum absolute atomic E-state index is 0.0982. The van der Waals surface area contributed by atoms with E-state index in [4.69, 9.17) is 18.1 Å². The largest absolute Gasteiger partial charge is 0.331 e. The fraction of sp³-hybridized carbons (Fsp3) is 0.586. The van der Waals surface area contributed by atoms with Gasteiger partial charge in [-0.15, -0.1) is 0 Å². The van der Waals surface area contributed by atoms with Crippen LogP contribution in [0.1, 0.15) is 63.8 Å². The van der Waals surface area contributed by atoms with Gasteiger partial charge in [-0.25, -0.2) is 0 Å². The van der Waals surface area contributed by atoms with Crippen molar-refractivity contribution >= 4 is 15.2 Å². The molecule has 8 heteroatoms. The first-order valence-electron chi connectivity index (χ1n) is 13.1. The summed E-state index contributed by atoms with van der Waals surface area (Å²) in [5.41, 5.74) is 4.36. The molecule has 0 bridgehead atoms. The molecule has 204 valence electrons. The summed E-state index contributed by atoms with van der Waals surface area (Å²) in [5.74, 6) is 0. The summed E-state index contributed by atoms with van der Waals surface area (Å²) in [7, 11) is -6.39. The first-order chi connectivity index (χ1) is 17.2. The molecule has 0 saturated carbocycles. The molecule has 1 spiro atoms. The van der Waals surface area contributed by atoms with Crippen LogP contribution in [0.5, 0.6) is 0 Å². The van der Waals surface area contributed by atoms with Crippen molar-refractivity contribution in [3.05, 3.63) is 70.8 Å². The van der Waals surface area contributed by atoms with Gasteiger partial charge in [0.1, 0.15) is 0 Å². The quantitative estimate of drug-likeness (QED) is 0.348. The molecule has 0 amide bonds. The number of hydrogen-bond acceptors (Lipinski definition) is 6. The van der Waals surface area contributed by atoms with Crippen LogP contribution in [-0.2, 0) is 50.9 Å². The summed E-state index contributed by atoms with van der Waals surface area (Å²) < 4.78 is 49.4. The standard InChI is InChI=1S/C29H42O6P2/c1-27(2,3)25-11-7-23(8-12-25)15-17-36(30)32-19-29(20-33-36)21-34-37(31,35-22-29)18-16-24-9-13-26(14-10-24)28(4,5)6/h7-14H,15-22H2,1-6H3. The molecule has 4 rings (SSSR count). The molecule has 2 heterocycles. The van der Waals surface area contributed by atoms with E-state index in [1.807, 2.05) is 0 Å². The van der Waals surface area contributed by atoms with Crippen molar-refractivity contribution in [3.8, 4) is 0 Å². The molecule has 2 saturated heterocycles. The first-order valence-corrected chi connectivity index (χ1v) is 16.6. The Bertz CT molecular complexity index is 1040. The molecule has 37 heavy (non-hydrogen) atoms. The molecule has 0 N–H and O–H groups in total. The monoisotopic (exact) mass is 548 g/mol. The molecular weight excluding hydrogens is 506 g/mol. The highest BCUT2D eigenvalue weighted by Gasteiger charge is 2.48. The predicted octanol–water partition coefficient (Wildman–Crippen LogP) is 7.53. The topological polar surface area (TPSA) is 71.1 Å². The third-order valence-electron chi connectivity index (χ3n) is 7.26. The maximum Gasteiger partial charge on any atom is 0.331 e. The highest BCUT2D eigenvalue weighted by molar-refractivity contribution is 7.54. The number of benzene rings is 2. The van der Waals surface area contributed by atoms with Crippen molar-refractivity contribution in [2.45, 2.75) is 65.2 Å². The Balaban J connectivity index is 1.24. The van der Waals surface area contributed by atoms with Crippen LogP contribution in [0.15, 0.2) is 48.5 Å². The van der Waals surface area contributed by atoms with Crippen molar-refractivity contribution in [2.24, 2.45) is 5.41 Å². The van der Waals surface area contributed by atoms with Gasteiger partial charge in [0.05, 0.1) is 44.2 Å². The third-order valence-corrected chi connectivity index (χ3v) is 10.9. The van der Waals surface area contributed by atoms with Gasteiger partial charge < -0.3 is 18.1 Å². The molecule has 2 aliphatic rings. The fourth-order valence-electron chi connectivity index (χ4n) is 4.40. The lowest BCUT2D eigenvalue weighted by Gasteiger charge is -2.43. The summed E-state index contributed by atoms with van der Waals surface area (Å²) >= 11 is 0. The minimum Gasteiger partial charge on any atom is -0.308 e. The van der Waals surface area contributed by atoms with E-state index in [9.17, 15) is 9.13 Å². The molecule has 2 aromatic rings. The lowest BCUT2D eigenvalue weighted by atomic mass is 9.86. The number of rotatable bonds is 6. The smallest absolute Gasteiger partial charge is 0.308 e. The minimum atomic E-state index is -3.20. The molecular formula is C29H42O6P2. The lowest BCUT2D eigenvalue weighted by molar-refractivity contribution is -0.0683. The molecule has 0 aliphatic carbocycles. The summed E-state index contributed by atoms with van der Waals surface area (Å²) in [5, 5.41) is 0. The summed E-state index contributed by atoms with van der Waals surface area (Å²) in [6, 6.07) is 16.8. The average Bonchev–Trinajstić information content (AvgIpc) is 2.85. The van der Waals surface area contributed by atoms with Crippen molar-refractivity contribution in [2.75, 3.05) is 38.8 Å². The molecule has 0 radical (unpaired) electrons. The van der Waals surface area contributed by atoms with E-state index in [1.54, 1.807) is 0 Å². The van der Waals surface area contributed by atoms with Gasteiger partial charge >= 0.3 is 15.2 Å². The van der Waals surface area contributed by atoms with E-state index >= 15 is 0 Å². The molecule has 0 atom stereocenters. The lowest BCUT2D eigenvalue weighted by Crippen LogP contribution is -2.46. The summed E-state index contributed by atoms with van der Waals surface area (Å²) in [4.78, 5) is 0. The molecule has 2 aliphatic heterocycles. The van der Waals surface area contributed by atoms with Gasteiger partial charge in [-0.1, -0.05) is 90.1 Å². The Labute approximate surface area is 222 Å². The molecule has 0 unspecified atom stereocenters. The van der Waals surface area contributed by atoms with Gasteiger partial charge in [0, 0.05) is 0 Å². The fourth-order valence-corrected chi connectivity index (χ4v) is 8.01. The second-order valence-electron chi connectivity index (χ2n) is 12.7. The predicted molar refractivity (Wildman–Crippen MR) is 149 cm³/mol. The van der Waals surface area contributed by atoms with Crippen LogP contribution < -0.4 is 0 Å². The third kappa shape index (κ3) is 7.44. The van der Waals surface area contributed by atoms with Gasteiger partial charge in [-0.2, -0.15) is 0 Å². The summed E-state index contributed by atoms with van der Waals surface area (Å²) in [6.45, 7) is 13.9. The van der Waals surface area contributed by atoms with Crippen LogP contribution in [0, 0.1) is 5.41 Å². The maximum atomic E-state index is 13.2. The van der Waals surface area contributed by atoms with E-state index in [0.29, 0.717) is 25.2 Å². The van der Waals surface area contributed by atoms with Crippen LogP contribution in [0.4, 0.5) is 0 Å². The van der Waals surface area contributed by atoms with Gasteiger partial charge in [-0.3, -0.25) is 9.13 Å². The van der Waals surface area contributed by atoms with Crippen LogP contribution in [0.3, 0.4) is 0 Å². The Morgan fingerprint density at radius 3 is 1.16 bits per heavy atom. The zero-order valence-corrected chi connectivity index (χ0v) is 24.9.